The number of carbonyl (C=O) groups is 1. The smallest absolute Gasteiger partial charge is 0.328 e. The van der Waals surface area contributed by atoms with Gasteiger partial charge in [-0.25, -0.2) is 14.2 Å². The zero-order chi connectivity index (χ0) is 19.5. The van der Waals surface area contributed by atoms with Crippen molar-refractivity contribution >= 4 is 23.1 Å². The third kappa shape index (κ3) is 3.69. The number of aromatic nitrogens is 2. The number of carboxylic acids is 1. The molecule has 0 aliphatic heterocycles. The molecule has 138 valence electrons. The van der Waals surface area contributed by atoms with E-state index in [1.807, 2.05) is 48.5 Å². The molecule has 1 heterocycles. The van der Waals surface area contributed by atoms with Crippen molar-refractivity contribution in [1.29, 1.82) is 0 Å². The summed E-state index contributed by atoms with van der Waals surface area (Å²) in [7, 11) is 0. The summed E-state index contributed by atoms with van der Waals surface area (Å²) in [6.45, 7) is 0.547. The van der Waals surface area contributed by atoms with Crippen LogP contribution in [0, 0.1) is 5.82 Å². The molecule has 28 heavy (non-hydrogen) atoms. The minimum absolute atomic E-state index is 0.266. The average Bonchev–Trinajstić information content (AvgIpc) is 3.07. The highest BCUT2D eigenvalue weighted by molar-refractivity contribution is 5.86. The fourth-order valence-electron chi connectivity index (χ4n) is 3.18. The number of aliphatic carboxylic acids is 1. The van der Waals surface area contributed by atoms with E-state index in [0.29, 0.717) is 6.54 Å². The molecule has 0 bridgehead atoms. The van der Waals surface area contributed by atoms with E-state index in [1.54, 1.807) is 18.2 Å². The molecule has 4 rings (SSSR count). The first-order chi connectivity index (χ1) is 13.6. The molecule has 0 atom stereocenters. The van der Waals surface area contributed by atoms with Gasteiger partial charge in [-0.05, 0) is 47.5 Å². The van der Waals surface area contributed by atoms with Crippen LogP contribution in [0.25, 0.3) is 28.5 Å². The normalized spacial score (nSPS) is 11.3. The van der Waals surface area contributed by atoms with Crippen molar-refractivity contribution in [3.63, 3.8) is 0 Å². The van der Waals surface area contributed by atoms with Gasteiger partial charge in [0.25, 0.3) is 0 Å². The number of nitrogens with zero attached hydrogens (tertiary/aromatic N) is 2. The lowest BCUT2D eigenvalue weighted by atomic mass is 10.1. The maximum Gasteiger partial charge on any atom is 0.328 e. The molecule has 4 aromatic rings. The predicted molar refractivity (Wildman–Crippen MR) is 107 cm³/mol. The summed E-state index contributed by atoms with van der Waals surface area (Å²) in [6, 6.07) is 21.8. The zero-order valence-electron chi connectivity index (χ0n) is 14.9. The van der Waals surface area contributed by atoms with E-state index >= 15 is 0 Å². The SMILES string of the molecule is O=C(O)/C=C/c1cccc(-c2nc3ccccc3n2Cc2ccc(F)cc2)c1. The van der Waals surface area contributed by atoms with Crippen molar-refractivity contribution < 1.29 is 14.3 Å². The summed E-state index contributed by atoms with van der Waals surface area (Å²) in [5, 5.41) is 8.85. The Morgan fingerprint density at radius 2 is 1.82 bits per heavy atom. The highest BCUT2D eigenvalue weighted by Crippen LogP contribution is 2.27. The number of para-hydroxylation sites is 2. The average molecular weight is 372 g/mol. The fraction of sp³-hybridized carbons (Fsp3) is 0.0435. The van der Waals surface area contributed by atoms with Crippen LogP contribution in [-0.2, 0) is 11.3 Å². The van der Waals surface area contributed by atoms with E-state index < -0.39 is 5.97 Å². The van der Waals surface area contributed by atoms with Gasteiger partial charge in [0.2, 0.25) is 0 Å². The van der Waals surface area contributed by atoms with Gasteiger partial charge in [0.1, 0.15) is 11.6 Å². The standard InChI is InChI=1S/C23H17FN2O2/c24-19-11-8-17(9-12-19)15-26-21-7-2-1-6-20(21)25-23(26)18-5-3-4-16(14-18)10-13-22(27)28/h1-14H,15H2,(H,27,28)/b13-10+. The second-order valence-corrected chi connectivity index (χ2v) is 6.43. The van der Waals surface area contributed by atoms with Crippen LogP contribution in [0.15, 0.2) is 78.9 Å². The van der Waals surface area contributed by atoms with Crippen LogP contribution in [0.1, 0.15) is 11.1 Å². The summed E-state index contributed by atoms with van der Waals surface area (Å²) >= 11 is 0. The minimum Gasteiger partial charge on any atom is -0.478 e. The van der Waals surface area contributed by atoms with E-state index in [4.69, 9.17) is 10.1 Å². The van der Waals surface area contributed by atoms with Crippen LogP contribution >= 0.6 is 0 Å². The molecule has 0 aliphatic carbocycles. The van der Waals surface area contributed by atoms with Gasteiger partial charge in [-0.1, -0.05) is 42.5 Å². The predicted octanol–water partition coefficient (Wildman–Crippen LogP) is 4.99. The summed E-state index contributed by atoms with van der Waals surface area (Å²) in [5.74, 6) is -0.484. The van der Waals surface area contributed by atoms with Crippen LogP contribution in [0.3, 0.4) is 0 Å². The Hall–Kier alpha value is -3.73. The first-order valence-corrected chi connectivity index (χ1v) is 8.81. The number of rotatable bonds is 5. The first-order valence-electron chi connectivity index (χ1n) is 8.81. The quantitative estimate of drug-likeness (QED) is 0.502. The minimum atomic E-state index is -0.992. The molecule has 3 aromatic carbocycles. The number of benzene rings is 3. The summed E-state index contributed by atoms with van der Waals surface area (Å²) < 4.78 is 15.4. The number of imidazole rings is 1. The molecule has 1 N–H and O–H groups in total. The molecule has 0 aliphatic rings. The second kappa shape index (κ2) is 7.48. The van der Waals surface area contributed by atoms with Crippen LogP contribution in [0.5, 0.6) is 0 Å². The number of fused-ring (bicyclic) bond motifs is 1. The van der Waals surface area contributed by atoms with E-state index in [9.17, 15) is 9.18 Å². The van der Waals surface area contributed by atoms with Crippen LogP contribution in [-0.4, -0.2) is 20.6 Å². The molecule has 0 saturated carbocycles. The van der Waals surface area contributed by atoms with Crippen molar-refractivity contribution in [2.24, 2.45) is 0 Å². The molecule has 0 unspecified atom stereocenters. The first kappa shape index (κ1) is 17.7. The van der Waals surface area contributed by atoms with Gasteiger partial charge >= 0.3 is 5.97 Å². The zero-order valence-corrected chi connectivity index (χ0v) is 14.9. The molecule has 0 fully saturated rings. The summed E-state index contributed by atoms with van der Waals surface area (Å²) in [4.78, 5) is 15.6. The lowest BCUT2D eigenvalue weighted by molar-refractivity contribution is -0.131. The molecular formula is C23H17FN2O2. The van der Waals surface area contributed by atoms with Gasteiger partial charge in [-0.3, -0.25) is 0 Å². The second-order valence-electron chi connectivity index (χ2n) is 6.43. The van der Waals surface area contributed by atoms with Crippen molar-refractivity contribution in [3.8, 4) is 11.4 Å². The van der Waals surface area contributed by atoms with Gasteiger partial charge in [-0.15, -0.1) is 0 Å². The third-order valence-electron chi connectivity index (χ3n) is 4.47. The van der Waals surface area contributed by atoms with Gasteiger partial charge in [0.15, 0.2) is 0 Å². The maximum atomic E-state index is 13.3. The molecule has 1 aromatic heterocycles. The molecule has 0 radical (unpaired) electrons. The lowest BCUT2D eigenvalue weighted by Gasteiger charge is -2.10. The monoisotopic (exact) mass is 372 g/mol. The van der Waals surface area contributed by atoms with E-state index in [1.165, 1.54) is 12.1 Å². The number of halogens is 1. The largest absolute Gasteiger partial charge is 0.478 e. The summed E-state index contributed by atoms with van der Waals surface area (Å²) in [6.07, 6.45) is 2.67. The molecule has 0 amide bonds. The van der Waals surface area contributed by atoms with Crippen molar-refractivity contribution in [1.82, 2.24) is 9.55 Å². The van der Waals surface area contributed by atoms with E-state index in [2.05, 4.69) is 4.57 Å². The van der Waals surface area contributed by atoms with Gasteiger partial charge in [0, 0.05) is 18.2 Å². The Kier molecular flexibility index (Phi) is 4.72. The van der Waals surface area contributed by atoms with Gasteiger partial charge in [0.05, 0.1) is 11.0 Å². The molecule has 5 heteroatoms. The van der Waals surface area contributed by atoms with Crippen molar-refractivity contribution in [2.45, 2.75) is 6.54 Å². The van der Waals surface area contributed by atoms with Crippen LogP contribution in [0.2, 0.25) is 0 Å². The number of hydrogen-bond donors (Lipinski definition) is 1. The van der Waals surface area contributed by atoms with Crippen LogP contribution in [0.4, 0.5) is 4.39 Å². The Bertz CT molecular complexity index is 1180. The highest BCUT2D eigenvalue weighted by atomic mass is 19.1. The fourth-order valence-corrected chi connectivity index (χ4v) is 3.18. The van der Waals surface area contributed by atoms with Crippen molar-refractivity contribution in [2.75, 3.05) is 0 Å². The Labute approximate surface area is 161 Å². The Balaban J connectivity index is 1.82. The summed E-state index contributed by atoms with van der Waals surface area (Å²) in [5.41, 5.74) is 4.47. The number of hydrogen-bond acceptors (Lipinski definition) is 2. The van der Waals surface area contributed by atoms with E-state index in [-0.39, 0.29) is 5.82 Å². The highest BCUT2D eigenvalue weighted by Gasteiger charge is 2.13. The Morgan fingerprint density at radius 3 is 2.61 bits per heavy atom. The van der Waals surface area contributed by atoms with E-state index in [0.717, 1.165) is 39.6 Å². The molecule has 0 saturated heterocycles. The molecule has 0 spiro atoms. The molecule has 4 nitrogen and oxygen atoms in total. The van der Waals surface area contributed by atoms with Crippen molar-refractivity contribution in [3.05, 3.63) is 95.8 Å². The third-order valence-corrected chi connectivity index (χ3v) is 4.47. The molecular weight excluding hydrogens is 355 g/mol. The van der Waals surface area contributed by atoms with Crippen LogP contribution < -0.4 is 0 Å². The topological polar surface area (TPSA) is 55.1 Å². The Morgan fingerprint density at radius 1 is 1.04 bits per heavy atom. The van der Waals surface area contributed by atoms with Gasteiger partial charge < -0.3 is 9.67 Å². The maximum absolute atomic E-state index is 13.3. The number of carboxylic acid groups (broad SMARTS) is 1. The lowest BCUT2D eigenvalue weighted by Crippen LogP contribution is -2.02. The van der Waals surface area contributed by atoms with Gasteiger partial charge in [-0.2, -0.15) is 0 Å².